The van der Waals surface area contributed by atoms with Crippen molar-refractivity contribution in [2.75, 3.05) is 17.7 Å². The van der Waals surface area contributed by atoms with Crippen LogP contribution in [0, 0.1) is 5.41 Å². The van der Waals surface area contributed by atoms with Gasteiger partial charge in [-0.25, -0.2) is 4.90 Å². The Bertz CT molecular complexity index is 591. The Balaban J connectivity index is 2.01. The molecule has 2 fully saturated rings. The number of hydrogen-bond acceptors (Lipinski definition) is 4. The average Bonchev–Trinajstić information content (AvgIpc) is 2.70. The standard InChI is InChI=1S/C16H20N2O3/c1-21-13-6-5-11(17)9-12(13)18-14(19)10-16(15(18)20)7-3-2-4-8-16/h5-6,9H,2-4,7-8,10,17H2,1H3. The molecule has 0 aromatic heterocycles. The Kier molecular flexibility index (Phi) is 3.35. The van der Waals surface area contributed by atoms with Crippen LogP contribution in [0.1, 0.15) is 38.5 Å². The van der Waals surface area contributed by atoms with Crippen LogP contribution in [0.3, 0.4) is 0 Å². The molecule has 1 heterocycles. The minimum atomic E-state index is -0.495. The van der Waals surface area contributed by atoms with E-state index in [4.69, 9.17) is 10.5 Å². The minimum absolute atomic E-state index is 0.0869. The number of carbonyl (C=O) groups is 2. The SMILES string of the molecule is COc1ccc(N)cc1N1C(=O)CC2(CCCCC2)C1=O. The summed E-state index contributed by atoms with van der Waals surface area (Å²) in [5.74, 6) is 0.264. The first kappa shape index (κ1) is 13.9. The summed E-state index contributed by atoms with van der Waals surface area (Å²) >= 11 is 0. The smallest absolute Gasteiger partial charge is 0.240 e. The molecule has 1 aromatic carbocycles. The first-order valence-corrected chi connectivity index (χ1v) is 7.38. The van der Waals surface area contributed by atoms with E-state index in [0.717, 1.165) is 32.1 Å². The van der Waals surface area contributed by atoms with Crippen LogP contribution < -0.4 is 15.4 Å². The fourth-order valence-corrected chi connectivity index (χ4v) is 3.54. The number of nitrogens with two attached hydrogens (primary N) is 1. The summed E-state index contributed by atoms with van der Waals surface area (Å²) in [4.78, 5) is 26.6. The summed E-state index contributed by atoms with van der Waals surface area (Å²) in [5.41, 5.74) is 6.29. The highest BCUT2D eigenvalue weighted by molar-refractivity contribution is 6.23. The van der Waals surface area contributed by atoms with E-state index in [-0.39, 0.29) is 11.8 Å². The molecule has 2 amide bonds. The van der Waals surface area contributed by atoms with Crippen molar-refractivity contribution < 1.29 is 14.3 Å². The Morgan fingerprint density at radius 3 is 2.57 bits per heavy atom. The molecular formula is C16H20N2O3. The lowest BCUT2D eigenvalue weighted by Gasteiger charge is -2.30. The number of amides is 2. The minimum Gasteiger partial charge on any atom is -0.495 e. The first-order valence-electron chi connectivity index (χ1n) is 7.38. The molecule has 3 rings (SSSR count). The zero-order valence-corrected chi connectivity index (χ0v) is 12.2. The number of methoxy groups -OCH3 is 1. The molecule has 112 valence electrons. The molecule has 5 heteroatoms. The lowest BCUT2D eigenvalue weighted by Crippen LogP contribution is -2.37. The molecule has 1 aliphatic heterocycles. The van der Waals surface area contributed by atoms with Gasteiger partial charge in [0.15, 0.2) is 0 Å². The van der Waals surface area contributed by atoms with E-state index in [9.17, 15) is 9.59 Å². The zero-order valence-electron chi connectivity index (χ0n) is 12.2. The number of imide groups is 1. The molecule has 1 saturated heterocycles. The Morgan fingerprint density at radius 1 is 1.19 bits per heavy atom. The number of rotatable bonds is 2. The predicted molar refractivity (Wildman–Crippen MR) is 80.0 cm³/mol. The molecule has 1 aliphatic carbocycles. The van der Waals surface area contributed by atoms with Crippen molar-refractivity contribution in [3.05, 3.63) is 18.2 Å². The summed E-state index contributed by atoms with van der Waals surface area (Å²) in [6.45, 7) is 0. The van der Waals surface area contributed by atoms with Gasteiger partial charge in [-0.1, -0.05) is 19.3 Å². The van der Waals surface area contributed by atoms with Crippen molar-refractivity contribution in [3.63, 3.8) is 0 Å². The molecule has 2 aliphatic rings. The van der Waals surface area contributed by atoms with Gasteiger partial charge >= 0.3 is 0 Å². The van der Waals surface area contributed by atoms with Crippen molar-refractivity contribution in [3.8, 4) is 5.75 Å². The van der Waals surface area contributed by atoms with Crippen molar-refractivity contribution in [1.29, 1.82) is 0 Å². The number of ether oxygens (including phenoxy) is 1. The van der Waals surface area contributed by atoms with Gasteiger partial charge in [-0.2, -0.15) is 0 Å². The van der Waals surface area contributed by atoms with Gasteiger partial charge in [-0.15, -0.1) is 0 Å². The largest absolute Gasteiger partial charge is 0.495 e. The van der Waals surface area contributed by atoms with Crippen LogP contribution in [0.15, 0.2) is 18.2 Å². The number of hydrogen-bond donors (Lipinski definition) is 1. The lowest BCUT2D eigenvalue weighted by molar-refractivity contribution is -0.127. The molecule has 1 saturated carbocycles. The normalized spacial score (nSPS) is 21.1. The summed E-state index contributed by atoms with van der Waals surface area (Å²) in [7, 11) is 1.52. The van der Waals surface area contributed by atoms with Gasteiger partial charge in [0.2, 0.25) is 11.8 Å². The molecular weight excluding hydrogens is 268 g/mol. The van der Waals surface area contributed by atoms with Gasteiger partial charge in [-0.3, -0.25) is 9.59 Å². The number of carbonyl (C=O) groups excluding carboxylic acids is 2. The second-order valence-corrected chi connectivity index (χ2v) is 5.98. The van der Waals surface area contributed by atoms with E-state index in [1.807, 2.05) is 0 Å². The third kappa shape index (κ3) is 2.17. The van der Waals surface area contributed by atoms with Crippen LogP contribution in [0.4, 0.5) is 11.4 Å². The van der Waals surface area contributed by atoms with Crippen LogP contribution in [0.5, 0.6) is 5.75 Å². The van der Waals surface area contributed by atoms with Crippen molar-refractivity contribution in [2.24, 2.45) is 5.41 Å². The maximum absolute atomic E-state index is 12.9. The Labute approximate surface area is 124 Å². The predicted octanol–water partition coefficient (Wildman–Crippen LogP) is 2.49. The van der Waals surface area contributed by atoms with Gasteiger partial charge in [0.05, 0.1) is 18.2 Å². The maximum atomic E-state index is 12.9. The Hall–Kier alpha value is -2.04. The second kappa shape index (κ2) is 5.06. The van der Waals surface area contributed by atoms with Gasteiger partial charge in [0.1, 0.15) is 5.75 Å². The first-order chi connectivity index (χ1) is 10.1. The van der Waals surface area contributed by atoms with Gasteiger partial charge in [-0.05, 0) is 31.0 Å². The van der Waals surface area contributed by atoms with E-state index < -0.39 is 5.41 Å². The topological polar surface area (TPSA) is 72.6 Å². The van der Waals surface area contributed by atoms with Crippen LogP contribution in [-0.2, 0) is 9.59 Å². The molecule has 2 N–H and O–H groups in total. The van der Waals surface area contributed by atoms with Crippen LogP contribution in [-0.4, -0.2) is 18.9 Å². The summed E-state index contributed by atoms with van der Waals surface area (Å²) in [6, 6.07) is 5.03. The highest BCUT2D eigenvalue weighted by Gasteiger charge is 2.52. The van der Waals surface area contributed by atoms with Crippen LogP contribution in [0.2, 0.25) is 0 Å². The Morgan fingerprint density at radius 2 is 1.90 bits per heavy atom. The summed E-state index contributed by atoms with van der Waals surface area (Å²) in [6.07, 6.45) is 5.09. The molecule has 0 unspecified atom stereocenters. The highest BCUT2D eigenvalue weighted by Crippen LogP contribution is 2.48. The van der Waals surface area contributed by atoms with E-state index in [1.165, 1.54) is 12.0 Å². The summed E-state index contributed by atoms with van der Waals surface area (Å²) < 4.78 is 5.28. The monoisotopic (exact) mass is 288 g/mol. The van der Waals surface area contributed by atoms with E-state index in [0.29, 0.717) is 23.5 Å². The van der Waals surface area contributed by atoms with Crippen molar-refractivity contribution >= 4 is 23.2 Å². The van der Waals surface area contributed by atoms with Crippen LogP contribution >= 0.6 is 0 Å². The molecule has 5 nitrogen and oxygen atoms in total. The fourth-order valence-electron chi connectivity index (χ4n) is 3.54. The molecule has 0 radical (unpaired) electrons. The highest BCUT2D eigenvalue weighted by atomic mass is 16.5. The summed E-state index contributed by atoms with van der Waals surface area (Å²) in [5, 5.41) is 0. The maximum Gasteiger partial charge on any atom is 0.240 e. The number of benzene rings is 1. The molecule has 0 bridgehead atoms. The third-order valence-electron chi connectivity index (χ3n) is 4.65. The molecule has 1 spiro atoms. The van der Waals surface area contributed by atoms with E-state index in [2.05, 4.69) is 0 Å². The zero-order chi connectivity index (χ0) is 15.0. The van der Waals surface area contributed by atoms with E-state index in [1.54, 1.807) is 18.2 Å². The quantitative estimate of drug-likeness (QED) is 0.670. The fraction of sp³-hybridized carbons (Fsp3) is 0.500. The molecule has 0 atom stereocenters. The van der Waals surface area contributed by atoms with Crippen molar-refractivity contribution in [1.82, 2.24) is 0 Å². The number of nitrogens with zero attached hydrogens (tertiary/aromatic N) is 1. The lowest BCUT2D eigenvalue weighted by atomic mass is 9.73. The molecule has 21 heavy (non-hydrogen) atoms. The van der Waals surface area contributed by atoms with Gasteiger partial charge in [0, 0.05) is 12.1 Å². The molecule has 1 aromatic rings. The number of nitrogen functional groups attached to an aromatic ring is 1. The van der Waals surface area contributed by atoms with Crippen molar-refractivity contribution in [2.45, 2.75) is 38.5 Å². The van der Waals surface area contributed by atoms with Crippen LogP contribution in [0.25, 0.3) is 0 Å². The van der Waals surface area contributed by atoms with Gasteiger partial charge in [0.25, 0.3) is 0 Å². The average molecular weight is 288 g/mol. The number of anilines is 2. The second-order valence-electron chi connectivity index (χ2n) is 5.98. The third-order valence-corrected chi connectivity index (χ3v) is 4.65. The van der Waals surface area contributed by atoms with Gasteiger partial charge < -0.3 is 10.5 Å². The van der Waals surface area contributed by atoms with E-state index >= 15 is 0 Å².